The van der Waals surface area contributed by atoms with Gasteiger partial charge in [0.1, 0.15) is 0 Å². The van der Waals surface area contributed by atoms with Crippen LogP contribution in [0.1, 0.15) is 25.7 Å². The van der Waals surface area contributed by atoms with Crippen LogP contribution in [-0.4, -0.2) is 74.9 Å². The molecule has 2 bridgehead atoms. The Bertz CT molecular complexity index is 281. The Balaban J connectivity index is 1.34. The van der Waals surface area contributed by atoms with Crippen LogP contribution in [0.4, 0.5) is 0 Å². The second-order valence-electron chi connectivity index (χ2n) is 6.57. The maximum atomic E-state index is 5.41. The molecule has 0 aliphatic carbocycles. The zero-order valence-corrected chi connectivity index (χ0v) is 12.3. The Labute approximate surface area is 117 Å². The molecule has 0 aromatic rings. The van der Waals surface area contributed by atoms with Crippen molar-refractivity contribution in [2.45, 2.75) is 37.8 Å². The molecular formula is C15H29N3O. The average molecular weight is 267 g/mol. The summed E-state index contributed by atoms with van der Waals surface area (Å²) in [6.07, 6.45) is 5.44. The molecule has 0 aromatic carbocycles. The van der Waals surface area contributed by atoms with Crippen molar-refractivity contribution in [1.82, 2.24) is 15.1 Å². The number of ether oxygens (including phenoxy) is 1. The molecule has 1 N–H and O–H groups in total. The van der Waals surface area contributed by atoms with E-state index in [9.17, 15) is 0 Å². The van der Waals surface area contributed by atoms with E-state index in [1.165, 1.54) is 45.3 Å². The molecule has 4 nitrogen and oxygen atoms in total. The van der Waals surface area contributed by atoms with Gasteiger partial charge in [0.15, 0.2) is 0 Å². The molecule has 110 valence electrons. The van der Waals surface area contributed by atoms with Crippen LogP contribution >= 0.6 is 0 Å². The van der Waals surface area contributed by atoms with Gasteiger partial charge in [-0.25, -0.2) is 0 Å². The summed E-state index contributed by atoms with van der Waals surface area (Å²) in [5.41, 5.74) is 0. The molecular weight excluding hydrogens is 238 g/mol. The first kappa shape index (κ1) is 13.8. The summed E-state index contributed by atoms with van der Waals surface area (Å²) in [6.45, 7) is 7.99. The van der Waals surface area contributed by atoms with E-state index in [1.54, 1.807) is 0 Å². The molecule has 0 amide bonds. The summed E-state index contributed by atoms with van der Waals surface area (Å²) in [5, 5.41) is 3.62. The number of hydrogen-bond donors (Lipinski definition) is 1. The first-order chi connectivity index (χ1) is 9.33. The maximum absolute atomic E-state index is 5.41. The van der Waals surface area contributed by atoms with Gasteiger partial charge >= 0.3 is 0 Å². The summed E-state index contributed by atoms with van der Waals surface area (Å²) in [6, 6.07) is 1.68. The number of nitrogens with one attached hydrogen (secondary N) is 1. The van der Waals surface area contributed by atoms with Gasteiger partial charge < -0.3 is 15.0 Å². The van der Waals surface area contributed by atoms with E-state index in [-0.39, 0.29) is 0 Å². The molecule has 0 spiro atoms. The third kappa shape index (κ3) is 3.48. The van der Waals surface area contributed by atoms with Crippen LogP contribution in [0.25, 0.3) is 0 Å². The minimum atomic E-state index is 0.756. The van der Waals surface area contributed by atoms with Gasteiger partial charge in [0.2, 0.25) is 0 Å². The molecule has 0 radical (unpaired) electrons. The summed E-state index contributed by atoms with van der Waals surface area (Å²) in [4.78, 5) is 5.29. The van der Waals surface area contributed by atoms with Crippen molar-refractivity contribution in [3.8, 4) is 0 Å². The number of likely N-dealkylation sites (N-methyl/N-ethyl adjacent to an activating group) is 1. The van der Waals surface area contributed by atoms with E-state index in [4.69, 9.17) is 4.74 Å². The number of nitrogens with zero attached hydrogens (tertiary/aromatic N) is 2. The highest BCUT2D eigenvalue weighted by atomic mass is 16.5. The Hall–Kier alpha value is -0.160. The first-order valence-electron chi connectivity index (χ1n) is 8.05. The van der Waals surface area contributed by atoms with E-state index in [0.717, 1.165) is 44.3 Å². The Morgan fingerprint density at radius 3 is 2.89 bits per heavy atom. The second-order valence-corrected chi connectivity index (χ2v) is 6.57. The fraction of sp³-hybridized carbons (Fsp3) is 1.00. The van der Waals surface area contributed by atoms with Crippen LogP contribution in [0, 0.1) is 5.92 Å². The highest BCUT2D eigenvalue weighted by molar-refractivity contribution is 4.91. The predicted octanol–water partition coefficient (Wildman–Crippen LogP) is 0.781. The molecule has 0 saturated carbocycles. The van der Waals surface area contributed by atoms with Crippen LogP contribution in [0.15, 0.2) is 0 Å². The predicted molar refractivity (Wildman–Crippen MR) is 77.4 cm³/mol. The van der Waals surface area contributed by atoms with E-state index in [1.807, 2.05) is 0 Å². The quantitative estimate of drug-likeness (QED) is 0.745. The highest BCUT2D eigenvalue weighted by Crippen LogP contribution is 2.28. The lowest BCUT2D eigenvalue weighted by Crippen LogP contribution is -2.40. The lowest BCUT2D eigenvalue weighted by atomic mass is 10.1. The van der Waals surface area contributed by atoms with Gasteiger partial charge in [0.25, 0.3) is 0 Å². The molecule has 3 saturated heterocycles. The normalized spacial score (nSPS) is 36.8. The SMILES string of the molecule is CN1C2CCC1CN(CCNCC1CCOC1)CC2. The van der Waals surface area contributed by atoms with Gasteiger partial charge in [0.05, 0.1) is 6.61 Å². The van der Waals surface area contributed by atoms with Crippen LogP contribution in [-0.2, 0) is 4.74 Å². The van der Waals surface area contributed by atoms with Crippen molar-refractivity contribution in [3.63, 3.8) is 0 Å². The minimum absolute atomic E-state index is 0.756. The zero-order chi connectivity index (χ0) is 13.1. The van der Waals surface area contributed by atoms with Crippen LogP contribution in [0.5, 0.6) is 0 Å². The molecule has 3 rings (SSSR count). The van der Waals surface area contributed by atoms with Crippen LogP contribution in [0.3, 0.4) is 0 Å². The van der Waals surface area contributed by atoms with Gasteiger partial charge in [-0.05, 0) is 45.2 Å². The number of hydrogen-bond acceptors (Lipinski definition) is 4. The zero-order valence-electron chi connectivity index (χ0n) is 12.3. The lowest BCUT2D eigenvalue weighted by Gasteiger charge is -2.25. The van der Waals surface area contributed by atoms with Gasteiger partial charge in [0, 0.05) is 44.9 Å². The molecule has 3 aliphatic rings. The molecule has 4 heteroatoms. The van der Waals surface area contributed by atoms with E-state index in [0.29, 0.717) is 0 Å². The number of likely N-dealkylation sites (tertiary alicyclic amines) is 1. The Morgan fingerprint density at radius 1 is 1.16 bits per heavy atom. The van der Waals surface area contributed by atoms with Crippen molar-refractivity contribution >= 4 is 0 Å². The minimum Gasteiger partial charge on any atom is -0.381 e. The monoisotopic (exact) mass is 267 g/mol. The van der Waals surface area contributed by atoms with Crippen molar-refractivity contribution in [1.29, 1.82) is 0 Å². The van der Waals surface area contributed by atoms with Crippen molar-refractivity contribution in [2.75, 3.05) is 53.0 Å². The fourth-order valence-electron chi connectivity index (χ4n) is 3.87. The van der Waals surface area contributed by atoms with E-state index >= 15 is 0 Å². The second kappa shape index (κ2) is 6.53. The fourth-order valence-corrected chi connectivity index (χ4v) is 3.87. The summed E-state index contributed by atoms with van der Waals surface area (Å²) < 4.78 is 5.41. The maximum Gasteiger partial charge on any atom is 0.0507 e. The molecule has 0 aromatic heterocycles. The van der Waals surface area contributed by atoms with E-state index in [2.05, 4.69) is 22.2 Å². The van der Waals surface area contributed by atoms with E-state index < -0.39 is 0 Å². The first-order valence-corrected chi connectivity index (χ1v) is 8.05. The summed E-state index contributed by atoms with van der Waals surface area (Å²) in [7, 11) is 2.32. The lowest BCUT2D eigenvalue weighted by molar-refractivity contribution is 0.184. The highest BCUT2D eigenvalue weighted by Gasteiger charge is 2.34. The molecule has 3 aliphatic heterocycles. The summed E-state index contributed by atoms with van der Waals surface area (Å²) in [5.74, 6) is 0.756. The molecule has 3 heterocycles. The van der Waals surface area contributed by atoms with Gasteiger partial charge in [-0.1, -0.05) is 0 Å². The number of rotatable bonds is 5. The van der Waals surface area contributed by atoms with Gasteiger partial charge in [-0.2, -0.15) is 0 Å². The third-order valence-corrected chi connectivity index (χ3v) is 5.29. The molecule has 3 atom stereocenters. The average Bonchev–Trinajstić information content (AvgIpc) is 2.97. The van der Waals surface area contributed by atoms with Crippen LogP contribution in [0.2, 0.25) is 0 Å². The Morgan fingerprint density at radius 2 is 2.05 bits per heavy atom. The number of fused-ring (bicyclic) bond motifs is 2. The standard InChI is InChI=1S/C15H29N3O/c1-17-14-2-3-15(17)11-18(7-4-14)8-6-16-10-13-5-9-19-12-13/h13-16H,2-12H2,1H3. The topological polar surface area (TPSA) is 27.7 Å². The summed E-state index contributed by atoms with van der Waals surface area (Å²) >= 11 is 0. The third-order valence-electron chi connectivity index (χ3n) is 5.29. The van der Waals surface area contributed by atoms with Crippen molar-refractivity contribution in [3.05, 3.63) is 0 Å². The molecule has 3 fully saturated rings. The van der Waals surface area contributed by atoms with Gasteiger partial charge in [-0.3, -0.25) is 4.90 Å². The Kier molecular flexibility index (Phi) is 4.74. The largest absolute Gasteiger partial charge is 0.381 e. The molecule has 19 heavy (non-hydrogen) atoms. The molecule has 3 unspecified atom stereocenters. The van der Waals surface area contributed by atoms with Crippen molar-refractivity contribution < 1.29 is 4.74 Å². The smallest absolute Gasteiger partial charge is 0.0507 e. The van der Waals surface area contributed by atoms with Crippen LogP contribution < -0.4 is 5.32 Å². The van der Waals surface area contributed by atoms with Gasteiger partial charge in [-0.15, -0.1) is 0 Å². The van der Waals surface area contributed by atoms with Crippen molar-refractivity contribution in [2.24, 2.45) is 5.92 Å².